The molecule has 258 valence electrons. The molecule has 0 saturated heterocycles. The summed E-state index contributed by atoms with van der Waals surface area (Å²) in [6.45, 7) is 4.71. The molecule has 0 amide bonds. The number of rotatable bonds is 3. The van der Waals surface area contributed by atoms with E-state index in [1.54, 1.807) is 11.3 Å². The van der Waals surface area contributed by atoms with E-state index in [2.05, 4.69) is 182 Å². The lowest BCUT2D eigenvalue weighted by atomic mass is 9.82. The van der Waals surface area contributed by atoms with Gasteiger partial charge in [-0.2, -0.15) is 0 Å². The molecule has 3 nitrogen and oxygen atoms in total. The van der Waals surface area contributed by atoms with E-state index in [4.69, 9.17) is 9.97 Å². The maximum atomic E-state index is 5.53. The SMILES string of the molecule is CC1(C)c2ccccc2-c2c1ccc1cc3c(cc21)c1ccccc1n3-c1nc(-c2ccc3cc(-c4ccccc4)ccc3c2)nc2c1sc1ccccc12. The van der Waals surface area contributed by atoms with Gasteiger partial charge in [0.15, 0.2) is 11.6 Å². The van der Waals surface area contributed by atoms with Crippen LogP contribution in [0.3, 0.4) is 0 Å². The minimum Gasteiger partial charge on any atom is -0.292 e. The van der Waals surface area contributed by atoms with Crippen LogP contribution in [-0.2, 0) is 5.41 Å². The first-order valence-electron chi connectivity index (χ1n) is 18.9. The summed E-state index contributed by atoms with van der Waals surface area (Å²) in [6, 6.07) is 59.8. The smallest absolute Gasteiger partial charge is 0.162 e. The first kappa shape index (κ1) is 30.8. The van der Waals surface area contributed by atoms with Crippen LogP contribution in [0.25, 0.3) is 103 Å². The van der Waals surface area contributed by atoms with Gasteiger partial charge in [0, 0.05) is 31.8 Å². The lowest BCUT2D eigenvalue weighted by Crippen LogP contribution is -2.14. The largest absolute Gasteiger partial charge is 0.292 e. The van der Waals surface area contributed by atoms with E-state index in [1.807, 2.05) is 0 Å². The Morgan fingerprint density at radius 3 is 2.07 bits per heavy atom. The van der Waals surface area contributed by atoms with Crippen LogP contribution in [-0.4, -0.2) is 14.5 Å². The van der Waals surface area contributed by atoms with Gasteiger partial charge in [0.1, 0.15) is 0 Å². The van der Waals surface area contributed by atoms with Gasteiger partial charge in [-0.05, 0) is 91.3 Å². The molecule has 1 aliphatic carbocycles. The summed E-state index contributed by atoms with van der Waals surface area (Å²) < 4.78 is 4.69. The molecule has 0 saturated carbocycles. The zero-order valence-electron chi connectivity index (χ0n) is 30.3. The van der Waals surface area contributed by atoms with E-state index in [1.165, 1.54) is 70.4 Å². The molecule has 3 aromatic heterocycles. The molecular formula is C51H33N3S. The molecule has 0 N–H and O–H groups in total. The van der Waals surface area contributed by atoms with E-state index < -0.39 is 0 Å². The third-order valence-electron chi connectivity index (χ3n) is 12.0. The highest BCUT2D eigenvalue weighted by Gasteiger charge is 2.36. The first-order valence-corrected chi connectivity index (χ1v) is 19.7. The summed E-state index contributed by atoms with van der Waals surface area (Å²) in [5.41, 5.74) is 12.1. The van der Waals surface area contributed by atoms with E-state index in [0.29, 0.717) is 0 Å². The van der Waals surface area contributed by atoms with Crippen molar-refractivity contribution in [2.45, 2.75) is 19.3 Å². The third-order valence-corrected chi connectivity index (χ3v) is 13.1. The number of nitrogens with zero attached hydrogens (tertiary/aromatic N) is 3. The summed E-state index contributed by atoms with van der Waals surface area (Å²) in [5.74, 6) is 1.64. The molecule has 0 fully saturated rings. The standard InChI is InChI=1S/C51H33N3S/c1-51(2)41-17-9-6-15-37(41)46-39-29-40-36-14-7-10-18-43(36)54(44(40)28-34(39)24-25-42(46)51)50-48-47(38-16-8-11-19-45(38)55-48)52-49(53-50)35-23-22-32-26-31(20-21-33(32)27-35)30-12-4-3-5-13-30/h3-29H,1-2H3. The van der Waals surface area contributed by atoms with Gasteiger partial charge < -0.3 is 0 Å². The van der Waals surface area contributed by atoms with Gasteiger partial charge in [-0.25, -0.2) is 9.97 Å². The van der Waals surface area contributed by atoms with Crippen molar-refractivity contribution in [3.8, 4) is 39.5 Å². The fraction of sp³-hybridized carbons (Fsp3) is 0.0588. The van der Waals surface area contributed by atoms with Crippen molar-refractivity contribution in [2.75, 3.05) is 0 Å². The summed E-state index contributed by atoms with van der Waals surface area (Å²) in [7, 11) is 0. The van der Waals surface area contributed by atoms with Crippen molar-refractivity contribution < 1.29 is 0 Å². The summed E-state index contributed by atoms with van der Waals surface area (Å²) in [6.07, 6.45) is 0. The predicted octanol–water partition coefficient (Wildman–Crippen LogP) is 13.9. The van der Waals surface area contributed by atoms with E-state index in [-0.39, 0.29) is 5.41 Å². The summed E-state index contributed by atoms with van der Waals surface area (Å²) in [4.78, 5) is 10.9. The molecular weight excluding hydrogens is 687 g/mol. The number of fused-ring (bicyclic) bond motifs is 12. The summed E-state index contributed by atoms with van der Waals surface area (Å²) >= 11 is 1.78. The van der Waals surface area contributed by atoms with Gasteiger partial charge in [-0.3, -0.25) is 4.57 Å². The highest BCUT2D eigenvalue weighted by molar-refractivity contribution is 7.26. The lowest BCUT2D eigenvalue weighted by Gasteiger charge is -2.21. The molecule has 0 unspecified atom stereocenters. The lowest BCUT2D eigenvalue weighted by molar-refractivity contribution is 0.661. The number of para-hydroxylation sites is 1. The van der Waals surface area contributed by atoms with Crippen molar-refractivity contribution in [2.24, 2.45) is 0 Å². The van der Waals surface area contributed by atoms with Crippen molar-refractivity contribution in [3.63, 3.8) is 0 Å². The van der Waals surface area contributed by atoms with E-state index in [0.717, 1.165) is 43.8 Å². The monoisotopic (exact) mass is 719 g/mol. The van der Waals surface area contributed by atoms with Crippen LogP contribution in [0.15, 0.2) is 164 Å². The molecule has 11 aromatic rings. The van der Waals surface area contributed by atoms with Gasteiger partial charge in [-0.15, -0.1) is 11.3 Å². The van der Waals surface area contributed by atoms with Crippen LogP contribution in [0.4, 0.5) is 0 Å². The van der Waals surface area contributed by atoms with Gasteiger partial charge >= 0.3 is 0 Å². The Morgan fingerprint density at radius 2 is 1.20 bits per heavy atom. The predicted molar refractivity (Wildman–Crippen MR) is 233 cm³/mol. The Hall–Kier alpha value is -6.62. The minimum absolute atomic E-state index is 0.0554. The molecule has 0 spiro atoms. The Bertz CT molecular complexity index is 3400. The van der Waals surface area contributed by atoms with Crippen LogP contribution in [0.2, 0.25) is 0 Å². The van der Waals surface area contributed by atoms with Crippen LogP contribution >= 0.6 is 11.3 Å². The number of benzene rings is 8. The van der Waals surface area contributed by atoms with Crippen molar-refractivity contribution >= 4 is 75.0 Å². The number of aromatic nitrogens is 3. The third kappa shape index (κ3) is 4.37. The maximum absolute atomic E-state index is 5.53. The second-order valence-electron chi connectivity index (χ2n) is 15.4. The van der Waals surface area contributed by atoms with Crippen molar-refractivity contribution in [1.29, 1.82) is 0 Å². The number of hydrogen-bond donors (Lipinski definition) is 0. The quantitative estimate of drug-likeness (QED) is 0.182. The van der Waals surface area contributed by atoms with Gasteiger partial charge in [0.2, 0.25) is 0 Å². The van der Waals surface area contributed by atoms with Crippen LogP contribution in [0, 0.1) is 0 Å². The van der Waals surface area contributed by atoms with Crippen molar-refractivity contribution in [3.05, 3.63) is 175 Å². The molecule has 55 heavy (non-hydrogen) atoms. The molecule has 1 aliphatic rings. The van der Waals surface area contributed by atoms with Gasteiger partial charge in [0.25, 0.3) is 0 Å². The zero-order chi connectivity index (χ0) is 36.4. The molecule has 0 bridgehead atoms. The maximum Gasteiger partial charge on any atom is 0.162 e. The first-order chi connectivity index (χ1) is 27.0. The second kappa shape index (κ2) is 11.2. The Kier molecular flexibility index (Phi) is 6.27. The molecule has 4 heteroatoms. The second-order valence-corrected chi connectivity index (χ2v) is 16.4. The molecule has 8 aromatic carbocycles. The molecule has 3 heterocycles. The van der Waals surface area contributed by atoms with Crippen molar-refractivity contribution in [1.82, 2.24) is 14.5 Å². The molecule has 0 aliphatic heterocycles. The average Bonchev–Trinajstić information content (AvgIpc) is 3.85. The van der Waals surface area contributed by atoms with Crippen LogP contribution in [0.5, 0.6) is 0 Å². The van der Waals surface area contributed by atoms with E-state index in [9.17, 15) is 0 Å². The highest BCUT2D eigenvalue weighted by Crippen LogP contribution is 2.52. The van der Waals surface area contributed by atoms with Crippen LogP contribution < -0.4 is 0 Å². The van der Waals surface area contributed by atoms with Gasteiger partial charge in [-0.1, -0.05) is 141 Å². The summed E-state index contributed by atoms with van der Waals surface area (Å²) in [5, 5.41) is 8.49. The highest BCUT2D eigenvalue weighted by atomic mass is 32.1. The Balaban J connectivity index is 1.13. The fourth-order valence-electron chi connectivity index (χ4n) is 9.27. The minimum atomic E-state index is -0.0554. The Labute approximate surface area is 321 Å². The van der Waals surface area contributed by atoms with Crippen LogP contribution in [0.1, 0.15) is 25.0 Å². The molecule has 12 rings (SSSR count). The number of thiophene rings is 1. The normalized spacial score (nSPS) is 13.4. The van der Waals surface area contributed by atoms with E-state index >= 15 is 0 Å². The molecule has 0 atom stereocenters. The Morgan fingerprint density at radius 1 is 0.491 bits per heavy atom. The average molecular weight is 720 g/mol. The molecule has 0 radical (unpaired) electrons. The zero-order valence-corrected chi connectivity index (χ0v) is 31.2. The fourth-order valence-corrected chi connectivity index (χ4v) is 10.4. The van der Waals surface area contributed by atoms with Gasteiger partial charge in [0.05, 0.1) is 21.3 Å². The number of hydrogen-bond acceptors (Lipinski definition) is 3. The topological polar surface area (TPSA) is 30.7 Å².